The van der Waals surface area contributed by atoms with Gasteiger partial charge in [-0.15, -0.1) is 23.2 Å². The van der Waals surface area contributed by atoms with Gasteiger partial charge in [0.25, 0.3) is 0 Å². The molecule has 0 fully saturated rings. The van der Waals surface area contributed by atoms with E-state index in [9.17, 15) is 14.4 Å². The molecule has 164 valence electrons. The summed E-state index contributed by atoms with van der Waals surface area (Å²) in [6.07, 6.45) is -1.20. The van der Waals surface area contributed by atoms with E-state index >= 15 is 0 Å². The normalized spacial score (nSPS) is 13.3. The van der Waals surface area contributed by atoms with Crippen LogP contribution in [0.15, 0.2) is 48.5 Å². The number of ether oxygens (including phenoxy) is 1. The number of carboxylic acid groups (broad SMARTS) is 1. The maximum atomic E-state index is 12.4. The van der Waals surface area contributed by atoms with Crippen LogP contribution in [0.4, 0.5) is 4.79 Å². The van der Waals surface area contributed by atoms with Crippen LogP contribution in [-0.2, 0) is 14.3 Å². The number of fused-ring (bicyclic) bond motifs is 3. The zero-order valence-electron chi connectivity index (χ0n) is 16.5. The van der Waals surface area contributed by atoms with Gasteiger partial charge in [0.1, 0.15) is 17.5 Å². The lowest BCUT2D eigenvalue weighted by Crippen LogP contribution is -2.48. The number of alkyl carbamates (subject to hydrolysis) is 1. The number of amides is 2. The summed E-state index contributed by atoms with van der Waals surface area (Å²) in [7, 11) is 0. The van der Waals surface area contributed by atoms with E-state index in [4.69, 9.17) is 33.0 Å². The lowest BCUT2D eigenvalue weighted by Gasteiger charge is -2.19. The molecule has 1 unspecified atom stereocenters. The SMILES string of the molecule is O=C(O)CCC(NC(=O)OCC1c2ccccc2-c2ccccc21)C(=O)NCC(Cl)Cl. The maximum absolute atomic E-state index is 12.4. The Morgan fingerprint density at radius 1 is 1.00 bits per heavy atom. The Hall–Kier alpha value is -2.77. The molecule has 31 heavy (non-hydrogen) atoms. The van der Waals surface area contributed by atoms with Gasteiger partial charge in [-0.2, -0.15) is 0 Å². The topological polar surface area (TPSA) is 105 Å². The molecule has 0 heterocycles. The minimum Gasteiger partial charge on any atom is -0.481 e. The molecule has 0 bridgehead atoms. The molecule has 2 amide bonds. The van der Waals surface area contributed by atoms with Gasteiger partial charge in [-0.25, -0.2) is 4.79 Å². The van der Waals surface area contributed by atoms with E-state index in [0.29, 0.717) is 0 Å². The molecule has 1 aliphatic rings. The molecule has 1 aliphatic carbocycles. The number of nitrogens with one attached hydrogen (secondary N) is 2. The number of alkyl halides is 2. The van der Waals surface area contributed by atoms with E-state index in [1.54, 1.807) is 0 Å². The van der Waals surface area contributed by atoms with Gasteiger partial charge in [0.2, 0.25) is 5.91 Å². The third kappa shape index (κ3) is 5.89. The average Bonchev–Trinajstić information content (AvgIpc) is 3.07. The summed E-state index contributed by atoms with van der Waals surface area (Å²) in [5.74, 6) is -1.79. The van der Waals surface area contributed by atoms with Gasteiger partial charge in [0.15, 0.2) is 0 Å². The van der Waals surface area contributed by atoms with Crippen LogP contribution in [0.2, 0.25) is 0 Å². The molecule has 0 saturated heterocycles. The van der Waals surface area contributed by atoms with Crippen molar-refractivity contribution in [2.45, 2.75) is 29.6 Å². The minimum absolute atomic E-state index is 0.0299. The second-order valence-electron chi connectivity index (χ2n) is 7.09. The molecule has 0 aliphatic heterocycles. The first-order valence-corrected chi connectivity index (χ1v) is 10.6. The quantitative estimate of drug-likeness (QED) is 0.490. The number of carboxylic acids is 1. The highest BCUT2D eigenvalue weighted by atomic mass is 35.5. The second kappa shape index (κ2) is 10.5. The fraction of sp³-hybridized carbons (Fsp3) is 0.318. The van der Waals surface area contributed by atoms with E-state index < -0.39 is 28.8 Å². The molecule has 3 rings (SSSR count). The molecular formula is C22H22Cl2N2O5. The summed E-state index contributed by atoms with van der Waals surface area (Å²) < 4.78 is 5.42. The summed E-state index contributed by atoms with van der Waals surface area (Å²) >= 11 is 11.2. The number of halogens is 2. The molecule has 2 aromatic rings. The fourth-order valence-corrected chi connectivity index (χ4v) is 3.77. The van der Waals surface area contributed by atoms with Gasteiger partial charge in [-0.1, -0.05) is 48.5 Å². The summed E-state index contributed by atoms with van der Waals surface area (Å²) in [5.41, 5.74) is 4.32. The predicted octanol–water partition coefficient (Wildman–Crippen LogP) is 3.68. The minimum atomic E-state index is -1.08. The van der Waals surface area contributed by atoms with Crippen LogP contribution in [0.25, 0.3) is 11.1 Å². The molecule has 1 atom stereocenters. The van der Waals surface area contributed by atoms with Crippen LogP contribution >= 0.6 is 23.2 Å². The number of hydrogen-bond acceptors (Lipinski definition) is 4. The monoisotopic (exact) mass is 464 g/mol. The van der Waals surface area contributed by atoms with Gasteiger partial charge in [0, 0.05) is 18.9 Å². The largest absolute Gasteiger partial charge is 0.481 e. The Labute approximate surface area is 189 Å². The Morgan fingerprint density at radius 3 is 2.13 bits per heavy atom. The van der Waals surface area contributed by atoms with Gasteiger partial charge in [-0.05, 0) is 28.7 Å². The third-order valence-electron chi connectivity index (χ3n) is 5.03. The molecule has 0 radical (unpaired) electrons. The maximum Gasteiger partial charge on any atom is 0.407 e. The Kier molecular flexibility index (Phi) is 7.76. The van der Waals surface area contributed by atoms with Crippen LogP contribution in [0, 0.1) is 0 Å². The molecule has 0 aromatic heterocycles. The molecule has 0 spiro atoms. The molecule has 7 nitrogen and oxygen atoms in total. The first-order valence-electron chi connectivity index (χ1n) is 9.76. The molecule has 3 N–H and O–H groups in total. The van der Waals surface area contributed by atoms with E-state index in [1.807, 2.05) is 48.5 Å². The second-order valence-corrected chi connectivity index (χ2v) is 8.37. The highest BCUT2D eigenvalue weighted by Gasteiger charge is 2.30. The number of aliphatic carboxylic acids is 1. The first kappa shape index (κ1) is 22.9. The standard InChI is InChI=1S/C22H22Cl2N2O5/c23-19(24)11-25-21(29)18(9-10-20(27)28)26-22(30)31-12-17-15-7-3-1-5-13(15)14-6-2-4-8-16(14)17/h1-8,17-19H,9-12H2,(H,25,29)(H,26,30)(H,27,28). The number of carbonyl (C=O) groups excluding carboxylic acids is 2. The average molecular weight is 465 g/mol. The summed E-state index contributed by atoms with van der Waals surface area (Å²) in [6.45, 7) is 0.0520. The number of carbonyl (C=O) groups is 3. The van der Waals surface area contributed by atoms with E-state index in [0.717, 1.165) is 22.3 Å². The van der Waals surface area contributed by atoms with Crippen molar-refractivity contribution in [3.8, 4) is 11.1 Å². The van der Waals surface area contributed by atoms with Gasteiger partial charge >= 0.3 is 12.1 Å². The van der Waals surface area contributed by atoms with E-state index in [1.165, 1.54) is 0 Å². The molecule has 0 saturated carbocycles. The van der Waals surface area contributed by atoms with E-state index in [-0.39, 0.29) is 31.9 Å². The molecule has 2 aromatic carbocycles. The van der Waals surface area contributed by atoms with E-state index in [2.05, 4.69) is 10.6 Å². The Balaban J connectivity index is 1.64. The highest BCUT2D eigenvalue weighted by Crippen LogP contribution is 2.44. The lowest BCUT2D eigenvalue weighted by molar-refractivity contribution is -0.137. The van der Waals surface area contributed by atoms with Crippen molar-refractivity contribution in [1.82, 2.24) is 10.6 Å². The smallest absolute Gasteiger partial charge is 0.407 e. The number of benzene rings is 2. The number of hydrogen-bond donors (Lipinski definition) is 3. The number of rotatable bonds is 9. The summed E-state index contributed by atoms with van der Waals surface area (Å²) in [6, 6.07) is 14.8. The Morgan fingerprint density at radius 2 is 1.58 bits per heavy atom. The lowest BCUT2D eigenvalue weighted by atomic mass is 9.98. The van der Waals surface area contributed by atoms with Crippen LogP contribution in [-0.4, -0.2) is 47.1 Å². The van der Waals surface area contributed by atoms with Crippen molar-refractivity contribution in [3.63, 3.8) is 0 Å². The van der Waals surface area contributed by atoms with Crippen molar-refractivity contribution >= 4 is 41.2 Å². The van der Waals surface area contributed by atoms with Gasteiger partial charge in [-0.3, -0.25) is 9.59 Å². The van der Waals surface area contributed by atoms with Gasteiger partial charge in [0.05, 0.1) is 0 Å². The van der Waals surface area contributed by atoms with Crippen molar-refractivity contribution in [2.75, 3.05) is 13.2 Å². The molecular weight excluding hydrogens is 443 g/mol. The van der Waals surface area contributed by atoms with Crippen LogP contribution < -0.4 is 10.6 Å². The Bertz CT molecular complexity index is 921. The highest BCUT2D eigenvalue weighted by molar-refractivity contribution is 6.44. The fourth-order valence-electron chi connectivity index (χ4n) is 3.62. The van der Waals surface area contributed by atoms with Crippen molar-refractivity contribution in [2.24, 2.45) is 0 Å². The summed E-state index contributed by atoms with van der Waals surface area (Å²) in [4.78, 5) is 34.8. The van der Waals surface area contributed by atoms with Crippen molar-refractivity contribution < 1.29 is 24.2 Å². The third-order valence-corrected chi connectivity index (χ3v) is 5.34. The van der Waals surface area contributed by atoms with Crippen LogP contribution in [0.1, 0.15) is 29.9 Å². The van der Waals surface area contributed by atoms with Crippen LogP contribution in [0.5, 0.6) is 0 Å². The predicted molar refractivity (Wildman–Crippen MR) is 117 cm³/mol. The zero-order chi connectivity index (χ0) is 22.4. The van der Waals surface area contributed by atoms with Gasteiger partial charge < -0.3 is 20.5 Å². The zero-order valence-corrected chi connectivity index (χ0v) is 18.0. The van der Waals surface area contributed by atoms with Crippen molar-refractivity contribution in [3.05, 3.63) is 59.7 Å². The summed E-state index contributed by atoms with van der Waals surface area (Å²) in [5, 5.41) is 13.8. The first-order chi connectivity index (χ1) is 14.9. The van der Waals surface area contributed by atoms with Crippen LogP contribution in [0.3, 0.4) is 0 Å². The van der Waals surface area contributed by atoms with Crippen molar-refractivity contribution in [1.29, 1.82) is 0 Å². The molecule has 9 heteroatoms.